The molecule has 0 radical (unpaired) electrons. The van der Waals surface area contributed by atoms with Gasteiger partial charge in [-0.05, 0) is 12.1 Å². The zero-order valence-corrected chi connectivity index (χ0v) is 9.29. The molecule has 0 aliphatic carbocycles. The maximum absolute atomic E-state index is 5.45. The van der Waals surface area contributed by atoms with E-state index in [9.17, 15) is 0 Å². The first-order valence-corrected chi connectivity index (χ1v) is 5.22. The van der Waals surface area contributed by atoms with E-state index in [2.05, 4.69) is 15.1 Å². The molecular weight excluding hydrogens is 218 g/mol. The summed E-state index contributed by atoms with van der Waals surface area (Å²) in [5.74, 6) is 0.971. The highest BCUT2D eigenvalue weighted by Gasteiger charge is 2.13. The summed E-state index contributed by atoms with van der Waals surface area (Å²) in [6, 6.07) is 5.81. The lowest BCUT2D eigenvalue weighted by atomic mass is 10.1. The van der Waals surface area contributed by atoms with Gasteiger partial charge in [0.1, 0.15) is 0 Å². The van der Waals surface area contributed by atoms with Crippen molar-refractivity contribution in [3.05, 3.63) is 30.4 Å². The summed E-state index contributed by atoms with van der Waals surface area (Å²) in [7, 11) is 1.93. The Kier molecular flexibility index (Phi) is 2.15. The van der Waals surface area contributed by atoms with Crippen LogP contribution in [0.5, 0.6) is 0 Å². The fourth-order valence-corrected chi connectivity index (χ4v) is 1.84. The van der Waals surface area contributed by atoms with Crippen LogP contribution in [0.1, 0.15) is 5.89 Å². The second kappa shape index (κ2) is 3.67. The van der Waals surface area contributed by atoms with E-state index in [4.69, 9.17) is 10.3 Å². The average molecular weight is 229 g/mol. The standard InChI is InChI=1S/C11H11N5O/c1-16-6-13-8-4-2-3-7(10(8)16)11-14-9(5-12)17-15-11/h2-4,6H,5,12H2,1H3. The smallest absolute Gasteiger partial charge is 0.240 e. The molecule has 1 aromatic carbocycles. The monoisotopic (exact) mass is 229 g/mol. The number of nitrogens with two attached hydrogens (primary N) is 1. The number of imidazole rings is 1. The van der Waals surface area contributed by atoms with Crippen LogP contribution < -0.4 is 5.73 Å². The molecule has 2 heterocycles. The molecule has 0 spiro atoms. The average Bonchev–Trinajstić information content (AvgIpc) is 2.96. The lowest BCUT2D eigenvalue weighted by Crippen LogP contribution is -1.96. The maximum atomic E-state index is 5.45. The molecule has 0 saturated heterocycles. The molecule has 0 saturated carbocycles. The fourth-order valence-electron chi connectivity index (χ4n) is 1.84. The van der Waals surface area contributed by atoms with Crippen molar-refractivity contribution < 1.29 is 4.52 Å². The number of aryl methyl sites for hydroxylation is 1. The minimum absolute atomic E-state index is 0.244. The van der Waals surface area contributed by atoms with Gasteiger partial charge in [0.25, 0.3) is 0 Å². The van der Waals surface area contributed by atoms with Crippen LogP contribution in [0.3, 0.4) is 0 Å². The molecule has 6 heteroatoms. The molecular formula is C11H11N5O. The SMILES string of the molecule is Cn1cnc2cccc(-c3noc(CN)n3)c21. The number of nitrogens with zero attached hydrogens (tertiary/aromatic N) is 4. The van der Waals surface area contributed by atoms with E-state index >= 15 is 0 Å². The van der Waals surface area contributed by atoms with Crippen molar-refractivity contribution in [3.63, 3.8) is 0 Å². The van der Waals surface area contributed by atoms with Crippen molar-refractivity contribution in [3.8, 4) is 11.4 Å². The molecule has 2 aromatic heterocycles. The van der Waals surface area contributed by atoms with E-state index in [1.54, 1.807) is 6.33 Å². The number of hydrogen-bond donors (Lipinski definition) is 1. The van der Waals surface area contributed by atoms with Gasteiger partial charge >= 0.3 is 0 Å². The predicted molar refractivity (Wildman–Crippen MR) is 61.9 cm³/mol. The molecule has 3 aromatic rings. The highest BCUT2D eigenvalue weighted by Crippen LogP contribution is 2.25. The predicted octanol–water partition coefficient (Wildman–Crippen LogP) is 1.08. The Hall–Kier alpha value is -2.21. The third kappa shape index (κ3) is 1.50. The van der Waals surface area contributed by atoms with Gasteiger partial charge in [-0.2, -0.15) is 4.98 Å². The zero-order chi connectivity index (χ0) is 11.8. The summed E-state index contributed by atoms with van der Waals surface area (Å²) in [6.07, 6.45) is 1.76. The first-order valence-electron chi connectivity index (χ1n) is 5.22. The highest BCUT2D eigenvalue weighted by molar-refractivity contribution is 5.90. The van der Waals surface area contributed by atoms with Gasteiger partial charge in [0.15, 0.2) is 0 Å². The van der Waals surface area contributed by atoms with E-state index in [1.165, 1.54) is 0 Å². The summed E-state index contributed by atoms with van der Waals surface area (Å²) in [4.78, 5) is 8.51. The van der Waals surface area contributed by atoms with Gasteiger partial charge < -0.3 is 14.8 Å². The second-order valence-corrected chi connectivity index (χ2v) is 3.74. The summed E-state index contributed by atoms with van der Waals surface area (Å²) >= 11 is 0. The molecule has 0 aliphatic heterocycles. The minimum Gasteiger partial charge on any atom is -0.338 e. The maximum Gasteiger partial charge on any atom is 0.240 e. The summed E-state index contributed by atoms with van der Waals surface area (Å²) < 4.78 is 6.95. The number of aromatic nitrogens is 4. The molecule has 0 amide bonds. The van der Waals surface area contributed by atoms with Crippen LogP contribution in [0.25, 0.3) is 22.4 Å². The molecule has 2 N–H and O–H groups in total. The van der Waals surface area contributed by atoms with Crippen LogP contribution in [0, 0.1) is 0 Å². The molecule has 86 valence electrons. The number of para-hydroxylation sites is 1. The van der Waals surface area contributed by atoms with Gasteiger partial charge in [-0.25, -0.2) is 4.98 Å². The molecule has 0 aliphatic rings. The van der Waals surface area contributed by atoms with Crippen LogP contribution in [0.15, 0.2) is 29.0 Å². The van der Waals surface area contributed by atoms with Crippen LogP contribution >= 0.6 is 0 Å². The number of hydrogen-bond acceptors (Lipinski definition) is 5. The van der Waals surface area contributed by atoms with Crippen molar-refractivity contribution in [2.45, 2.75) is 6.54 Å². The van der Waals surface area contributed by atoms with E-state index in [-0.39, 0.29) is 6.54 Å². The molecule has 0 fully saturated rings. The summed E-state index contributed by atoms with van der Waals surface area (Å²) in [5.41, 5.74) is 8.23. The first kappa shape index (κ1) is 9.98. The Balaban J connectivity index is 2.25. The van der Waals surface area contributed by atoms with Gasteiger partial charge in [0, 0.05) is 12.6 Å². The molecule has 0 atom stereocenters. The van der Waals surface area contributed by atoms with E-state index in [1.807, 2.05) is 29.8 Å². The molecule has 0 unspecified atom stereocenters. The van der Waals surface area contributed by atoms with E-state index in [0.29, 0.717) is 11.7 Å². The Labute approximate surface area is 97.1 Å². The lowest BCUT2D eigenvalue weighted by Gasteiger charge is -1.99. The number of benzene rings is 1. The molecule has 17 heavy (non-hydrogen) atoms. The Bertz CT molecular complexity index is 669. The Morgan fingerprint density at radius 1 is 1.41 bits per heavy atom. The minimum atomic E-state index is 0.244. The van der Waals surface area contributed by atoms with E-state index in [0.717, 1.165) is 16.6 Å². The largest absolute Gasteiger partial charge is 0.338 e. The number of rotatable bonds is 2. The third-order valence-corrected chi connectivity index (χ3v) is 2.62. The van der Waals surface area contributed by atoms with Gasteiger partial charge in [-0.3, -0.25) is 0 Å². The summed E-state index contributed by atoms with van der Waals surface area (Å²) in [6.45, 7) is 0.244. The van der Waals surface area contributed by atoms with Crippen molar-refractivity contribution in [2.24, 2.45) is 12.8 Å². The zero-order valence-electron chi connectivity index (χ0n) is 9.29. The van der Waals surface area contributed by atoms with Crippen LogP contribution in [0.4, 0.5) is 0 Å². The van der Waals surface area contributed by atoms with Gasteiger partial charge in [0.2, 0.25) is 11.7 Å². The molecule has 6 nitrogen and oxygen atoms in total. The first-order chi connectivity index (χ1) is 8.29. The van der Waals surface area contributed by atoms with Crippen molar-refractivity contribution in [1.82, 2.24) is 19.7 Å². The molecule has 3 rings (SSSR count). The number of fused-ring (bicyclic) bond motifs is 1. The van der Waals surface area contributed by atoms with Crippen molar-refractivity contribution in [1.29, 1.82) is 0 Å². The molecule has 0 bridgehead atoms. The van der Waals surface area contributed by atoms with E-state index < -0.39 is 0 Å². The topological polar surface area (TPSA) is 82.8 Å². The van der Waals surface area contributed by atoms with Gasteiger partial charge in [-0.1, -0.05) is 11.2 Å². The van der Waals surface area contributed by atoms with Gasteiger partial charge in [-0.15, -0.1) is 0 Å². The lowest BCUT2D eigenvalue weighted by molar-refractivity contribution is 0.380. The Morgan fingerprint density at radius 2 is 2.29 bits per heavy atom. The van der Waals surface area contributed by atoms with Crippen LogP contribution in [-0.4, -0.2) is 19.7 Å². The van der Waals surface area contributed by atoms with Crippen LogP contribution in [0.2, 0.25) is 0 Å². The quantitative estimate of drug-likeness (QED) is 0.711. The third-order valence-electron chi connectivity index (χ3n) is 2.62. The van der Waals surface area contributed by atoms with Gasteiger partial charge in [0.05, 0.1) is 23.9 Å². The highest BCUT2D eigenvalue weighted by atomic mass is 16.5. The van der Waals surface area contributed by atoms with Crippen LogP contribution in [-0.2, 0) is 13.6 Å². The van der Waals surface area contributed by atoms with Crippen molar-refractivity contribution >= 4 is 11.0 Å². The van der Waals surface area contributed by atoms with Crippen molar-refractivity contribution in [2.75, 3.05) is 0 Å². The summed E-state index contributed by atoms with van der Waals surface area (Å²) in [5, 5.41) is 3.92. The Morgan fingerprint density at radius 3 is 3.06 bits per heavy atom. The normalized spacial score (nSPS) is 11.2. The fraction of sp³-hybridized carbons (Fsp3) is 0.182. The second-order valence-electron chi connectivity index (χ2n) is 3.74.